The van der Waals surface area contributed by atoms with Gasteiger partial charge in [-0.2, -0.15) is 0 Å². The molecule has 0 spiro atoms. The largest absolute Gasteiger partial charge is 0.378 e. The second-order valence-corrected chi connectivity index (χ2v) is 5.72. The van der Waals surface area contributed by atoms with Gasteiger partial charge in [-0.05, 0) is 30.5 Å². The average Bonchev–Trinajstić information content (AvgIpc) is 3.38. The number of hydrogen-bond acceptors (Lipinski definition) is 4. The number of morpholine rings is 1. The molecule has 0 radical (unpaired) electrons. The number of carbonyl (C=O) groups is 1. The van der Waals surface area contributed by atoms with E-state index < -0.39 is 0 Å². The maximum atomic E-state index is 12.4. The summed E-state index contributed by atoms with van der Waals surface area (Å²) in [5, 5.41) is 0. The number of anilines is 1. The molecule has 1 amide bonds. The second kappa shape index (κ2) is 6.45. The van der Waals surface area contributed by atoms with E-state index in [1.165, 1.54) is 12.8 Å². The minimum Gasteiger partial charge on any atom is -0.378 e. The van der Waals surface area contributed by atoms with Crippen molar-refractivity contribution in [1.82, 2.24) is 4.90 Å². The van der Waals surface area contributed by atoms with E-state index in [2.05, 4.69) is 17.0 Å². The minimum atomic E-state index is 0.202. The summed E-state index contributed by atoms with van der Waals surface area (Å²) < 4.78 is 5.31. The van der Waals surface area contributed by atoms with Gasteiger partial charge in [0.25, 0.3) is 0 Å². The van der Waals surface area contributed by atoms with Crippen LogP contribution in [0.15, 0.2) is 24.3 Å². The number of benzene rings is 1. The lowest BCUT2D eigenvalue weighted by molar-refractivity contribution is -0.133. The Balaban J connectivity index is 1.67. The van der Waals surface area contributed by atoms with Crippen LogP contribution >= 0.6 is 0 Å². The fraction of sp³-hybridized carbons (Fsp3) is 0.562. The summed E-state index contributed by atoms with van der Waals surface area (Å²) in [6.07, 6.45) is 2.35. The van der Waals surface area contributed by atoms with E-state index in [-0.39, 0.29) is 5.91 Å². The number of carbonyl (C=O) groups excluding carboxylic acids is 1. The van der Waals surface area contributed by atoms with Gasteiger partial charge in [0.2, 0.25) is 5.91 Å². The van der Waals surface area contributed by atoms with Crippen LogP contribution in [-0.4, -0.2) is 49.7 Å². The first-order chi connectivity index (χ1) is 10.3. The van der Waals surface area contributed by atoms with Crippen molar-refractivity contribution in [2.24, 2.45) is 5.73 Å². The van der Waals surface area contributed by atoms with Crippen LogP contribution in [0.4, 0.5) is 5.69 Å². The highest BCUT2D eigenvalue weighted by Gasteiger charge is 2.31. The molecule has 5 heteroatoms. The zero-order chi connectivity index (χ0) is 14.7. The van der Waals surface area contributed by atoms with Gasteiger partial charge in [-0.25, -0.2) is 0 Å². The van der Waals surface area contributed by atoms with Crippen LogP contribution in [0.1, 0.15) is 18.4 Å². The van der Waals surface area contributed by atoms with Crippen molar-refractivity contribution < 1.29 is 9.53 Å². The van der Waals surface area contributed by atoms with Gasteiger partial charge < -0.3 is 20.3 Å². The quantitative estimate of drug-likeness (QED) is 0.877. The van der Waals surface area contributed by atoms with E-state index in [0.717, 1.165) is 11.3 Å². The third kappa shape index (κ3) is 3.54. The standard InChI is InChI=1S/C16H23N3O2/c17-11-13-1-3-14(4-2-13)19(15-5-6-15)12-16(20)18-7-9-21-10-8-18/h1-4,15H,5-12,17H2. The molecule has 1 saturated carbocycles. The Morgan fingerprint density at radius 1 is 1.24 bits per heavy atom. The number of nitrogens with zero attached hydrogens (tertiary/aromatic N) is 2. The molecule has 1 heterocycles. The molecule has 1 saturated heterocycles. The Labute approximate surface area is 125 Å². The predicted molar refractivity (Wildman–Crippen MR) is 82.1 cm³/mol. The zero-order valence-corrected chi connectivity index (χ0v) is 12.3. The van der Waals surface area contributed by atoms with Gasteiger partial charge in [0.15, 0.2) is 0 Å². The molecule has 114 valence electrons. The third-order valence-corrected chi connectivity index (χ3v) is 4.16. The maximum absolute atomic E-state index is 12.4. The van der Waals surface area contributed by atoms with E-state index in [1.807, 2.05) is 17.0 Å². The number of hydrogen-bond donors (Lipinski definition) is 1. The SMILES string of the molecule is NCc1ccc(N(CC(=O)N2CCOCC2)C2CC2)cc1. The molecule has 1 aliphatic carbocycles. The molecule has 0 bridgehead atoms. The molecule has 1 aromatic rings. The van der Waals surface area contributed by atoms with Gasteiger partial charge in [-0.3, -0.25) is 4.79 Å². The van der Waals surface area contributed by atoms with Crippen molar-refractivity contribution in [2.75, 3.05) is 37.7 Å². The Morgan fingerprint density at radius 2 is 1.90 bits per heavy atom. The van der Waals surface area contributed by atoms with Gasteiger partial charge in [0.05, 0.1) is 19.8 Å². The van der Waals surface area contributed by atoms with Gasteiger partial charge >= 0.3 is 0 Å². The number of ether oxygens (including phenoxy) is 1. The average molecular weight is 289 g/mol. The summed E-state index contributed by atoms with van der Waals surface area (Å²) in [5.74, 6) is 0.202. The molecule has 5 nitrogen and oxygen atoms in total. The smallest absolute Gasteiger partial charge is 0.242 e. The van der Waals surface area contributed by atoms with Crippen LogP contribution in [0.2, 0.25) is 0 Å². The molecule has 1 aliphatic heterocycles. The molecule has 2 aliphatic rings. The normalized spacial score (nSPS) is 18.6. The molecular weight excluding hydrogens is 266 g/mol. The van der Waals surface area contributed by atoms with Gasteiger partial charge in [-0.15, -0.1) is 0 Å². The van der Waals surface area contributed by atoms with Crippen LogP contribution in [0, 0.1) is 0 Å². The van der Waals surface area contributed by atoms with Crippen molar-refractivity contribution in [3.05, 3.63) is 29.8 Å². The summed E-state index contributed by atoms with van der Waals surface area (Å²) >= 11 is 0. The molecule has 0 unspecified atom stereocenters. The number of amides is 1. The zero-order valence-electron chi connectivity index (χ0n) is 12.3. The summed E-state index contributed by atoms with van der Waals surface area (Å²) in [5.41, 5.74) is 7.88. The van der Waals surface area contributed by atoms with E-state index in [4.69, 9.17) is 10.5 Å². The van der Waals surface area contributed by atoms with E-state index in [1.54, 1.807) is 0 Å². The summed E-state index contributed by atoms with van der Waals surface area (Å²) in [6, 6.07) is 8.76. The molecular formula is C16H23N3O2. The molecule has 0 atom stereocenters. The van der Waals surface area contributed by atoms with Crippen molar-refractivity contribution in [1.29, 1.82) is 0 Å². The van der Waals surface area contributed by atoms with Crippen molar-refractivity contribution in [3.8, 4) is 0 Å². The first kappa shape index (κ1) is 14.4. The summed E-state index contributed by atoms with van der Waals surface area (Å²) in [7, 11) is 0. The van der Waals surface area contributed by atoms with E-state index in [9.17, 15) is 4.79 Å². The van der Waals surface area contributed by atoms with Gasteiger partial charge in [0.1, 0.15) is 0 Å². The molecule has 1 aromatic carbocycles. The molecule has 21 heavy (non-hydrogen) atoms. The first-order valence-corrected chi connectivity index (χ1v) is 7.69. The third-order valence-electron chi connectivity index (χ3n) is 4.16. The highest BCUT2D eigenvalue weighted by Crippen LogP contribution is 2.31. The predicted octanol–water partition coefficient (Wildman–Crippen LogP) is 0.973. The van der Waals surface area contributed by atoms with E-state index >= 15 is 0 Å². The van der Waals surface area contributed by atoms with Gasteiger partial charge in [-0.1, -0.05) is 12.1 Å². The maximum Gasteiger partial charge on any atom is 0.242 e. The van der Waals surface area contributed by atoms with Crippen LogP contribution in [0.3, 0.4) is 0 Å². The Bertz CT molecular complexity index is 479. The number of rotatable bonds is 5. The van der Waals surface area contributed by atoms with Crippen molar-refractivity contribution in [2.45, 2.75) is 25.4 Å². The fourth-order valence-corrected chi connectivity index (χ4v) is 2.70. The molecule has 3 rings (SSSR count). The molecule has 2 fully saturated rings. The topological polar surface area (TPSA) is 58.8 Å². The van der Waals surface area contributed by atoms with Crippen LogP contribution in [0.25, 0.3) is 0 Å². The van der Waals surface area contributed by atoms with E-state index in [0.29, 0.717) is 45.4 Å². The second-order valence-electron chi connectivity index (χ2n) is 5.72. The first-order valence-electron chi connectivity index (χ1n) is 7.69. The lowest BCUT2D eigenvalue weighted by Crippen LogP contribution is -2.46. The lowest BCUT2D eigenvalue weighted by atomic mass is 10.2. The minimum absolute atomic E-state index is 0.202. The van der Waals surface area contributed by atoms with Gasteiger partial charge in [0, 0.05) is 31.4 Å². The van der Waals surface area contributed by atoms with Crippen LogP contribution in [0.5, 0.6) is 0 Å². The highest BCUT2D eigenvalue weighted by atomic mass is 16.5. The molecule has 2 N–H and O–H groups in total. The van der Waals surface area contributed by atoms with Crippen molar-refractivity contribution in [3.63, 3.8) is 0 Å². The van der Waals surface area contributed by atoms with Crippen LogP contribution < -0.4 is 10.6 Å². The fourth-order valence-electron chi connectivity index (χ4n) is 2.70. The number of nitrogens with two attached hydrogens (primary N) is 1. The lowest BCUT2D eigenvalue weighted by Gasteiger charge is -2.31. The summed E-state index contributed by atoms with van der Waals surface area (Å²) in [6.45, 7) is 3.75. The summed E-state index contributed by atoms with van der Waals surface area (Å²) in [4.78, 5) is 16.6. The monoisotopic (exact) mass is 289 g/mol. The van der Waals surface area contributed by atoms with Crippen LogP contribution in [-0.2, 0) is 16.1 Å². The Morgan fingerprint density at radius 3 is 2.48 bits per heavy atom. The highest BCUT2D eigenvalue weighted by molar-refractivity contribution is 5.82. The Kier molecular flexibility index (Phi) is 4.41. The molecule has 0 aromatic heterocycles. The van der Waals surface area contributed by atoms with Crippen molar-refractivity contribution >= 4 is 11.6 Å². The Hall–Kier alpha value is -1.59.